The molecule has 2 atom stereocenters. The van der Waals surface area contributed by atoms with E-state index in [0.29, 0.717) is 16.6 Å². The lowest BCUT2D eigenvalue weighted by Crippen LogP contribution is -2.55. The van der Waals surface area contributed by atoms with Crippen molar-refractivity contribution < 1.29 is 19.1 Å². The fraction of sp³-hybridized carbons (Fsp3) is 0.421. The molecule has 0 radical (unpaired) electrons. The van der Waals surface area contributed by atoms with Crippen molar-refractivity contribution in [2.24, 2.45) is 17.8 Å². The Labute approximate surface area is 149 Å². The van der Waals surface area contributed by atoms with E-state index in [0.717, 1.165) is 31.9 Å². The average Bonchev–Trinajstić information content (AvgIpc) is 3.02. The number of nitrogens with zero attached hydrogens (tertiary/aromatic N) is 1. The summed E-state index contributed by atoms with van der Waals surface area (Å²) in [4.78, 5) is 30.9. The number of amides is 1. The molecule has 3 fully saturated rings. The largest absolute Gasteiger partial charge is 0.481 e. The van der Waals surface area contributed by atoms with Gasteiger partial charge in [-0.2, -0.15) is 0 Å². The number of carboxylic acids is 1. The van der Waals surface area contributed by atoms with Crippen LogP contribution in [0.2, 0.25) is 0 Å². The van der Waals surface area contributed by atoms with Crippen LogP contribution in [-0.4, -0.2) is 33.0 Å². The van der Waals surface area contributed by atoms with Crippen LogP contribution in [0.5, 0.6) is 0 Å². The highest BCUT2D eigenvalue weighted by Crippen LogP contribution is 2.45. The Morgan fingerprint density at radius 1 is 1.27 bits per heavy atom. The number of nitrogens with one attached hydrogen (secondary N) is 2. The third kappa shape index (κ3) is 2.98. The van der Waals surface area contributed by atoms with Crippen LogP contribution in [0, 0.1) is 23.6 Å². The summed E-state index contributed by atoms with van der Waals surface area (Å²) >= 11 is 0. The van der Waals surface area contributed by atoms with Crippen LogP contribution in [0.25, 0.3) is 17.1 Å². The maximum atomic E-state index is 13.4. The van der Waals surface area contributed by atoms with Crippen molar-refractivity contribution in [3.63, 3.8) is 0 Å². The molecule has 0 aliphatic heterocycles. The van der Waals surface area contributed by atoms with Gasteiger partial charge in [-0.25, -0.2) is 9.37 Å². The highest BCUT2D eigenvalue weighted by molar-refractivity contribution is 5.95. The number of hydrogen-bond acceptors (Lipinski definition) is 3. The first-order valence-electron chi connectivity index (χ1n) is 8.87. The lowest BCUT2D eigenvalue weighted by Gasteiger charge is -2.46. The van der Waals surface area contributed by atoms with Crippen LogP contribution in [0.1, 0.15) is 31.2 Å². The van der Waals surface area contributed by atoms with E-state index in [2.05, 4.69) is 15.3 Å². The first kappa shape index (κ1) is 16.8. The molecule has 3 aliphatic rings. The maximum absolute atomic E-state index is 13.4. The quantitative estimate of drug-likeness (QED) is 0.733. The predicted octanol–water partition coefficient (Wildman–Crippen LogP) is 2.72. The summed E-state index contributed by atoms with van der Waals surface area (Å²) in [5.74, 6) is -1.73. The summed E-state index contributed by atoms with van der Waals surface area (Å²) in [6, 6.07) is 1.04. The molecule has 3 aliphatic carbocycles. The van der Waals surface area contributed by atoms with Gasteiger partial charge < -0.3 is 15.4 Å². The van der Waals surface area contributed by atoms with E-state index in [1.165, 1.54) is 12.1 Å². The molecule has 2 heterocycles. The zero-order chi connectivity index (χ0) is 18.3. The number of halogens is 1. The standard InChI is InChI=1S/C19H20FN3O3/c20-13-7-14-12(8-21-18(14)22-9-13)5-6-15(24)23-17-11-3-1-10(2-4-11)16(17)19(25)26/h5-11,16-17H,1-4H2,(H,21,22)(H,23,24)(H,25,26)/b6-5+/t10?,11?,16-,17-/m1/s1. The molecule has 3 saturated carbocycles. The van der Waals surface area contributed by atoms with E-state index in [9.17, 15) is 19.1 Å². The van der Waals surface area contributed by atoms with Gasteiger partial charge in [0.25, 0.3) is 0 Å². The monoisotopic (exact) mass is 357 g/mol. The molecule has 2 bridgehead atoms. The van der Waals surface area contributed by atoms with Gasteiger partial charge in [-0.15, -0.1) is 0 Å². The highest BCUT2D eigenvalue weighted by Gasteiger charge is 2.47. The van der Waals surface area contributed by atoms with Crippen molar-refractivity contribution in [2.45, 2.75) is 31.7 Å². The Bertz CT molecular complexity index is 883. The smallest absolute Gasteiger partial charge is 0.308 e. The van der Waals surface area contributed by atoms with E-state index in [-0.39, 0.29) is 23.8 Å². The van der Waals surface area contributed by atoms with Crippen molar-refractivity contribution in [2.75, 3.05) is 0 Å². The molecule has 5 rings (SSSR count). The molecule has 7 heteroatoms. The third-order valence-electron chi connectivity index (χ3n) is 5.76. The molecule has 2 aromatic rings. The van der Waals surface area contributed by atoms with Gasteiger partial charge >= 0.3 is 5.97 Å². The van der Waals surface area contributed by atoms with E-state index >= 15 is 0 Å². The summed E-state index contributed by atoms with van der Waals surface area (Å²) in [6.07, 6.45) is 9.54. The topological polar surface area (TPSA) is 95.1 Å². The fourth-order valence-electron chi connectivity index (χ4n) is 4.53. The summed E-state index contributed by atoms with van der Waals surface area (Å²) in [7, 11) is 0. The van der Waals surface area contributed by atoms with Gasteiger partial charge in [0, 0.05) is 29.3 Å². The van der Waals surface area contributed by atoms with Crippen LogP contribution in [0.4, 0.5) is 4.39 Å². The molecular formula is C19H20FN3O3. The Hall–Kier alpha value is -2.70. The Morgan fingerprint density at radius 3 is 2.73 bits per heavy atom. The first-order valence-corrected chi connectivity index (χ1v) is 8.87. The molecular weight excluding hydrogens is 337 g/mol. The molecule has 0 spiro atoms. The van der Waals surface area contributed by atoms with Gasteiger partial charge in [0.15, 0.2) is 0 Å². The van der Waals surface area contributed by atoms with Gasteiger partial charge in [0.2, 0.25) is 5.91 Å². The average molecular weight is 357 g/mol. The minimum Gasteiger partial charge on any atom is -0.481 e. The first-order chi connectivity index (χ1) is 12.5. The van der Waals surface area contributed by atoms with E-state index in [4.69, 9.17) is 0 Å². The minimum absolute atomic E-state index is 0.148. The molecule has 0 aromatic carbocycles. The van der Waals surface area contributed by atoms with E-state index in [1.54, 1.807) is 12.3 Å². The second-order valence-corrected chi connectivity index (χ2v) is 7.20. The minimum atomic E-state index is -0.827. The Morgan fingerprint density at radius 2 is 2.00 bits per heavy atom. The maximum Gasteiger partial charge on any atom is 0.308 e. The van der Waals surface area contributed by atoms with Gasteiger partial charge in [0.1, 0.15) is 11.5 Å². The van der Waals surface area contributed by atoms with Crippen LogP contribution in [0.15, 0.2) is 24.5 Å². The number of fused-ring (bicyclic) bond motifs is 4. The van der Waals surface area contributed by atoms with E-state index < -0.39 is 17.7 Å². The molecule has 0 unspecified atom stereocenters. The number of carboxylic acid groups (broad SMARTS) is 1. The second kappa shape index (κ2) is 6.55. The normalized spacial score (nSPS) is 27.9. The number of hydrogen-bond donors (Lipinski definition) is 3. The van der Waals surface area contributed by atoms with Gasteiger partial charge in [-0.3, -0.25) is 9.59 Å². The van der Waals surface area contributed by atoms with Gasteiger partial charge in [-0.1, -0.05) is 0 Å². The number of carbonyl (C=O) groups is 2. The van der Waals surface area contributed by atoms with E-state index in [1.807, 2.05) is 0 Å². The van der Waals surface area contributed by atoms with Crippen LogP contribution in [-0.2, 0) is 9.59 Å². The van der Waals surface area contributed by atoms with Crippen molar-refractivity contribution in [1.29, 1.82) is 0 Å². The van der Waals surface area contributed by atoms with Gasteiger partial charge in [-0.05, 0) is 49.7 Å². The van der Waals surface area contributed by atoms with Crippen LogP contribution < -0.4 is 5.32 Å². The molecule has 136 valence electrons. The summed E-state index contributed by atoms with van der Waals surface area (Å²) in [5, 5.41) is 13.0. The molecule has 2 aromatic heterocycles. The van der Waals surface area contributed by atoms with Crippen molar-refractivity contribution in [3.8, 4) is 0 Å². The number of rotatable bonds is 4. The number of aromatic amines is 1. The molecule has 26 heavy (non-hydrogen) atoms. The Kier molecular flexibility index (Phi) is 4.22. The fourth-order valence-corrected chi connectivity index (χ4v) is 4.53. The zero-order valence-corrected chi connectivity index (χ0v) is 14.1. The van der Waals surface area contributed by atoms with Crippen molar-refractivity contribution in [1.82, 2.24) is 15.3 Å². The molecule has 6 nitrogen and oxygen atoms in total. The van der Waals surface area contributed by atoms with Crippen molar-refractivity contribution in [3.05, 3.63) is 35.9 Å². The lowest BCUT2D eigenvalue weighted by molar-refractivity contribution is -0.150. The lowest BCUT2D eigenvalue weighted by atomic mass is 9.61. The molecule has 0 saturated heterocycles. The molecule has 3 N–H and O–H groups in total. The summed E-state index contributed by atoms with van der Waals surface area (Å²) < 4.78 is 13.4. The predicted molar refractivity (Wildman–Crippen MR) is 93.6 cm³/mol. The highest BCUT2D eigenvalue weighted by atomic mass is 19.1. The molecule has 1 amide bonds. The number of aromatic nitrogens is 2. The van der Waals surface area contributed by atoms with Crippen LogP contribution in [0.3, 0.4) is 0 Å². The van der Waals surface area contributed by atoms with Gasteiger partial charge in [0.05, 0.1) is 12.1 Å². The zero-order valence-electron chi connectivity index (χ0n) is 14.1. The number of pyridine rings is 1. The number of carbonyl (C=O) groups excluding carboxylic acids is 1. The SMILES string of the molecule is O=C(/C=C/c1c[nH]c2ncc(F)cc12)N[C@@H]1C2CCC(CC2)[C@H]1C(=O)O. The Balaban J connectivity index is 1.50. The second-order valence-electron chi connectivity index (χ2n) is 7.20. The number of aliphatic carboxylic acids is 1. The summed E-state index contributed by atoms with van der Waals surface area (Å²) in [6.45, 7) is 0. The van der Waals surface area contributed by atoms with Crippen molar-refractivity contribution >= 4 is 29.0 Å². The third-order valence-corrected chi connectivity index (χ3v) is 5.76. The number of H-pyrrole nitrogens is 1. The summed E-state index contributed by atoms with van der Waals surface area (Å²) in [5.41, 5.74) is 1.20. The van der Waals surface area contributed by atoms with Crippen LogP contribution >= 0.6 is 0 Å².